The molecule has 4 aromatic heterocycles. The number of pyridine rings is 2. The van der Waals surface area contributed by atoms with Crippen molar-refractivity contribution in [1.82, 2.24) is 14.5 Å². The molecule has 0 bridgehead atoms. The Bertz CT molecular complexity index is 1090. The molecule has 0 aromatic carbocycles. The number of nitrogens with zero attached hydrogens (tertiary/aromatic N) is 4. The Morgan fingerprint density at radius 3 is 3.35 bits per heavy atom. The van der Waals surface area contributed by atoms with E-state index in [1.54, 1.807) is 29.9 Å². The summed E-state index contributed by atoms with van der Waals surface area (Å²) in [6.07, 6.45) is 5.18. The van der Waals surface area contributed by atoms with E-state index >= 15 is 0 Å². The normalized spacial score (nSPS) is 15.9. The van der Waals surface area contributed by atoms with Gasteiger partial charge in [-0.3, -0.25) is 4.98 Å². The third kappa shape index (κ3) is 1.10. The quantitative estimate of drug-likeness (QED) is 0.409. The second-order valence-corrected chi connectivity index (χ2v) is 5.91. The van der Waals surface area contributed by atoms with Crippen molar-refractivity contribution in [2.24, 2.45) is 6.98 Å². The van der Waals surface area contributed by atoms with E-state index in [0.717, 1.165) is 31.7 Å². The first-order valence-electron chi connectivity index (χ1n) is 7.81. The zero-order valence-corrected chi connectivity index (χ0v) is 11.2. The molecular weight excluding hydrogens is 268 g/mol. The van der Waals surface area contributed by atoms with Gasteiger partial charge in [0, 0.05) is 28.9 Å². The first kappa shape index (κ1) is 8.11. The second kappa shape index (κ2) is 3.43. The number of aryl methyl sites for hydroxylation is 1. The molecule has 1 aliphatic rings. The van der Waals surface area contributed by atoms with E-state index in [1.807, 2.05) is 18.2 Å². The van der Waals surface area contributed by atoms with Gasteiger partial charge >= 0.3 is 5.82 Å². The van der Waals surface area contributed by atoms with Gasteiger partial charge in [0.2, 0.25) is 4.83 Å². The topological polar surface area (TPSA) is 34.6 Å². The number of fused-ring (bicyclic) bond motifs is 7. The highest BCUT2D eigenvalue weighted by Gasteiger charge is 2.35. The Labute approximate surface area is 123 Å². The molecule has 5 heteroatoms. The standard InChI is InChI=1S/C15H11N4S/c1-18-13-10-7-16-6-4-11(10)20-15(13)19-8-9-3-2-5-17-12(9)14(18)19/h2-7H,8H2,1H3/q+1/i1D3. The summed E-state index contributed by atoms with van der Waals surface area (Å²) in [4.78, 5) is 9.55. The fraction of sp³-hybridized carbons (Fsp3) is 0.133. The summed E-state index contributed by atoms with van der Waals surface area (Å²) in [5.41, 5.74) is 2.53. The molecule has 0 spiro atoms. The van der Waals surface area contributed by atoms with Crippen molar-refractivity contribution in [2.45, 2.75) is 6.54 Å². The summed E-state index contributed by atoms with van der Waals surface area (Å²) in [6, 6.07) is 5.81. The van der Waals surface area contributed by atoms with Crippen LogP contribution in [0.4, 0.5) is 0 Å². The molecule has 0 radical (unpaired) electrons. The number of thiophene rings is 1. The summed E-state index contributed by atoms with van der Waals surface area (Å²) in [6.45, 7) is -1.62. The van der Waals surface area contributed by atoms with Crippen molar-refractivity contribution in [3.63, 3.8) is 0 Å². The number of hydrogen-bond donors (Lipinski definition) is 0. The molecule has 5 heterocycles. The third-order valence-electron chi connectivity index (χ3n) is 3.81. The van der Waals surface area contributed by atoms with Crippen molar-refractivity contribution in [2.75, 3.05) is 0 Å². The molecule has 4 aromatic rings. The molecule has 0 atom stereocenters. The van der Waals surface area contributed by atoms with E-state index in [4.69, 9.17) is 4.11 Å². The van der Waals surface area contributed by atoms with Gasteiger partial charge in [0.05, 0.1) is 16.5 Å². The molecule has 0 aliphatic carbocycles. The minimum absolute atomic E-state index is 0.651. The first-order chi connectivity index (χ1) is 11.1. The number of rotatable bonds is 0. The maximum atomic E-state index is 8.03. The maximum absolute atomic E-state index is 8.03. The average Bonchev–Trinajstić information content (AvgIpc) is 3.13. The van der Waals surface area contributed by atoms with Crippen molar-refractivity contribution in [3.8, 4) is 11.5 Å². The van der Waals surface area contributed by atoms with E-state index < -0.39 is 6.98 Å². The zero-order valence-electron chi connectivity index (χ0n) is 13.4. The summed E-state index contributed by atoms with van der Waals surface area (Å²) < 4.78 is 28.7. The highest BCUT2D eigenvalue weighted by Crippen LogP contribution is 2.36. The van der Waals surface area contributed by atoms with Gasteiger partial charge in [0.1, 0.15) is 6.54 Å². The van der Waals surface area contributed by atoms with E-state index in [2.05, 4.69) is 14.5 Å². The van der Waals surface area contributed by atoms with Crippen LogP contribution >= 0.6 is 11.3 Å². The lowest BCUT2D eigenvalue weighted by molar-refractivity contribution is -0.644. The van der Waals surface area contributed by atoms with Crippen molar-refractivity contribution >= 4 is 31.8 Å². The van der Waals surface area contributed by atoms with E-state index in [9.17, 15) is 0 Å². The van der Waals surface area contributed by atoms with Crippen molar-refractivity contribution in [1.29, 1.82) is 0 Å². The second-order valence-electron chi connectivity index (χ2n) is 4.88. The van der Waals surface area contributed by atoms with Gasteiger partial charge in [-0.15, -0.1) is 0 Å². The van der Waals surface area contributed by atoms with Gasteiger partial charge in [-0.2, -0.15) is 0 Å². The lowest BCUT2D eigenvalue weighted by atomic mass is 10.2. The molecule has 0 N–H and O–H groups in total. The fourth-order valence-corrected chi connectivity index (χ4v) is 4.11. The van der Waals surface area contributed by atoms with Gasteiger partial charge in [-0.05, 0) is 12.1 Å². The highest BCUT2D eigenvalue weighted by atomic mass is 32.1. The minimum Gasteiger partial charge on any atom is -0.264 e. The van der Waals surface area contributed by atoms with E-state index in [-0.39, 0.29) is 0 Å². The first-order valence-corrected chi connectivity index (χ1v) is 7.13. The Morgan fingerprint density at radius 1 is 1.40 bits per heavy atom. The fourth-order valence-electron chi connectivity index (χ4n) is 2.96. The summed E-state index contributed by atoms with van der Waals surface area (Å²) >= 11 is 1.60. The minimum atomic E-state index is -2.28. The lowest BCUT2D eigenvalue weighted by Gasteiger charge is -1.94. The van der Waals surface area contributed by atoms with Crippen molar-refractivity contribution in [3.05, 3.63) is 42.4 Å². The zero-order chi connectivity index (χ0) is 15.8. The monoisotopic (exact) mass is 282 g/mol. The predicted octanol–water partition coefficient (Wildman–Crippen LogP) is 2.50. The Kier molecular flexibility index (Phi) is 1.39. The maximum Gasteiger partial charge on any atom is 0.309 e. The highest BCUT2D eigenvalue weighted by molar-refractivity contribution is 7.25. The SMILES string of the molecule is [2H]C([2H])([2H])n1c2[n+](c3sc4ccncc4c31)Cc1cccnc1-2. The summed E-state index contributed by atoms with van der Waals surface area (Å²) in [5, 5.41) is 0.878. The molecule has 0 fully saturated rings. The van der Waals surface area contributed by atoms with Crippen LogP contribution in [0.2, 0.25) is 0 Å². The molecule has 20 heavy (non-hydrogen) atoms. The molecule has 0 saturated carbocycles. The molecule has 5 rings (SSSR count). The van der Waals surface area contributed by atoms with Crippen LogP contribution in [0.1, 0.15) is 9.68 Å². The van der Waals surface area contributed by atoms with Gasteiger partial charge in [-0.1, -0.05) is 17.4 Å². The predicted molar refractivity (Wildman–Crippen MR) is 78.6 cm³/mol. The molecule has 0 amide bonds. The van der Waals surface area contributed by atoms with Crippen LogP contribution < -0.4 is 4.57 Å². The average molecular weight is 282 g/mol. The van der Waals surface area contributed by atoms with Crippen LogP contribution in [0.3, 0.4) is 0 Å². The van der Waals surface area contributed by atoms with Crippen LogP contribution in [0.15, 0.2) is 36.8 Å². The molecular formula is C15H11N4S+. The van der Waals surface area contributed by atoms with Crippen molar-refractivity contribution < 1.29 is 8.68 Å². The molecule has 96 valence electrons. The lowest BCUT2D eigenvalue weighted by Crippen LogP contribution is -2.30. The Hall–Kier alpha value is -2.27. The van der Waals surface area contributed by atoms with Gasteiger partial charge in [-0.25, -0.2) is 14.1 Å². The number of imidazole rings is 1. The van der Waals surface area contributed by atoms with Crippen LogP contribution in [0.25, 0.3) is 32.0 Å². The third-order valence-corrected chi connectivity index (χ3v) is 5.00. The van der Waals surface area contributed by atoms with Crippen LogP contribution in [-0.2, 0) is 13.5 Å². The number of hydrogen-bond acceptors (Lipinski definition) is 3. The molecule has 0 saturated heterocycles. The number of aromatic nitrogens is 4. The van der Waals surface area contributed by atoms with E-state index in [0.29, 0.717) is 12.4 Å². The van der Waals surface area contributed by atoms with Crippen LogP contribution in [0.5, 0.6) is 0 Å². The molecule has 4 nitrogen and oxygen atoms in total. The van der Waals surface area contributed by atoms with Gasteiger partial charge in [0.25, 0.3) is 0 Å². The van der Waals surface area contributed by atoms with Crippen LogP contribution in [0, 0.1) is 0 Å². The van der Waals surface area contributed by atoms with Crippen LogP contribution in [-0.4, -0.2) is 14.5 Å². The van der Waals surface area contributed by atoms with Gasteiger partial charge < -0.3 is 0 Å². The smallest absolute Gasteiger partial charge is 0.264 e. The Morgan fingerprint density at radius 2 is 2.40 bits per heavy atom. The largest absolute Gasteiger partial charge is 0.309 e. The van der Waals surface area contributed by atoms with E-state index in [1.165, 1.54) is 4.57 Å². The Balaban J connectivity index is 2.01. The molecule has 0 unspecified atom stereocenters. The molecule has 1 aliphatic heterocycles. The summed E-state index contributed by atoms with van der Waals surface area (Å²) in [7, 11) is 0. The summed E-state index contributed by atoms with van der Waals surface area (Å²) in [5.74, 6) is 0.660. The van der Waals surface area contributed by atoms with Gasteiger partial charge in [0.15, 0.2) is 11.2 Å².